The number of nitrogens with zero attached hydrogens (tertiary/aromatic N) is 1. The van der Waals surface area contributed by atoms with E-state index < -0.39 is 0 Å². The Labute approximate surface area is 120 Å². The van der Waals surface area contributed by atoms with Gasteiger partial charge in [0.1, 0.15) is 5.75 Å². The van der Waals surface area contributed by atoms with E-state index in [2.05, 4.69) is 34.5 Å². The fourth-order valence-corrected chi connectivity index (χ4v) is 2.20. The first kappa shape index (κ1) is 14.3. The van der Waals surface area contributed by atoms with Gasteiger partial charge in [-0.1, -0.05) is 17.7 Å². The van der Waals surface area contributed by atoms with Crippen molar-refractivity contribution < 1.29 is 5.11 Å². The molecule has 1 atom stereocenters. The number of benzene rings is 2. The van der Waals surface area contributed by atoms with Crippen molar-refractivity contribution in [1.29, 1.82) is 0 Å². The largest absolute Gasteiger partial charge is 0.508 e. The van der Waals surface area contributed by atoms with Gasteiger partial charge in [0.05, 0.1) is 6.04 Å². The Morgan fingerprint density at radius 3 is 2.30 bits per heavy atom. The van der Waals surface area contributed by atoms with Gasteiger partial charge in [-0.25, -0.2) is 0 Å². The number of nitrogens with one attached hydrogen (secondary N) is 1. The molecule has 0 aliphatic rings. The predicted octanol–water partition coefficient (Wildman–Crippen LogP) is 3.94. The predicted molar refractivity (Wildman–Crippen MR) is 85.7 cm³/mol. The van der Waals surface area contributed by atoms with E-state index in [4.69, 9.17) is 0 Å². The zero-order chi connectivity index (χ0) is 14.7. The van der Waals surface area contributed by atoms with E-state index >= 15 is 0 Å². The molecule has 3 heteroatoms. The number of anilines is 2. The molecule has 0 amide bonds. The van der Waals surface area contributed by atoms with Crippen LogP contribution >= 0.6 is 0 Å². The molecule has 2 aromatic rings. The summed E-state index contributed by atoms with van der Waals surface area (Å²) < 4.78 is 0. The molecule has 106 valence electrons. The Balaban J connectivity index is 2.14. The lowest BCUT2D eigenvalue weighted by Crippen LogP contribution is -2.09. The average molecular weight is 270 g/mol. The van der Waals surface area contributed by atoms with Crippen molar-refractivity contribution >= 4 is 11.4 Å². The van der Waals surface area contributed by atoms with Gasteiger partial charge in [-0.15, -0.1) is 0 Å². The summed E-state index contributed by atoms with van der Waals surface area (Å²) in [7, 11) is 4.05. The molecule has 0 heterocycles. The summed E-state index contributed by atoms with van der Waals surface area (Å²) in [5.74, 6) is 0.334. The van der Waals surface area contributed by atoms with E-state index in [0.717, 1.165) is 16.8 Å². The Bertz CT molecular complexity index is 576. The second-order valence-corrected chi connectivity index (χ2v) is 5.37. The van der Waals surface area contributed by atoms with Crippen molar-refractivity contribution in [3.05, 3.63) is 53.6 Å². The maximum absolute atomic E-state index is 9.95. The summed E-state index contributed by atoms with van der Waals surface area (Å²) in [6, 6.07) is 14.0. The van der Waals surface area contributed by atoms with E-state index in [-0.39, 0.29) is 6.04 Å². The Morgan fingerprint density at radius 1 is 1.05 bits per heavy atom. The normalized spacial score (nSPS) is 12.0. The number of aromatic hydroxyl groups is 1. The third-order valence-corrected chi connectivity index (χ3v) is 3.42. The lowest BCUT2D eigenvalue weighted by atomic mass is 10.0. The van der Waals surface area contributed by atoms with Crippen LogP contribution in [0.15, 0.2) is 42.5 Å². The van der Waals surface area contributed by atoms with Crippen LogP contribution in [0.5, 0.6) is 5.75 Å². The van der Waals surface area contributed by atoms with Crippen molar-refractivity contribution in [2.24, 2.45) is 0 Å². The molecule has 1 unspecified atom stereocenters. The van der Waals surface area contributed by atoms with Crippen LogP contribution in [-0.4, -0.2) is 19.2 Å². The first-order valence-electron chi connectivity index (χ1n) is 6.81. The summed E-state index contributed by atoms with van der Waals surface area (Å²) in [6.07, 6.45) is 0. The number of hydrogen-bond acceptors (Lipinski definition) is 3. The zero-order valence-corrected chi connectivity index (χ0v) is 12.5. The van der Waals surface area contributed by atoms with Crippen molar-refractivity contribution in [3.63, 3.8) is 0 Å². The maximum Gasteiger partial charge on any atom is 0.120 e. The lowest BCUT2D eigenvalue weighted by molar-refractivity contribution is 0.465. The van der Waals surface area contributed by atoms with E-state index in [1.165, 1.54) is 5.69 Å². The fourth-order valence-electron chi connectivity index (χ4n) is 2.20. The zero-order valence-electron chi connectivity index (χ0n) is 12.5. The van der Waals surface area contributed by atoms with Gasteiger partial charge in [-0.2, -0.15) is 0 Å². The van der Waals surface area contributed by atoms with Crippen LogP contribution in [0.3, 0.4) is 0 Å². The molecule has 0 bridgehead atoms. The first-order valence-corrected chi connectivity index (χ1v) is 6.81. The first-order chi connectivity index (χ1) is 9.47. The number of hydrogen-bond donors (Lipinski definition) is 2. The highest BCUT2D eigenvalue weighted by Crippen LogP contribution is 2.28. The second kappa shape index (κ2) is 5.87. The van der Waals surface area contributed by atoms with Gasteiger partial charge in [-0.05, 0) is 44.2 Å². The molecule has 0 aromatic heterocycles. The summed E-state index contributed by atoms with van der Waals surface area (Å²) in [5.41, 5.74) is 4.28. The smallest absolute Gasteiger partial charge is 0.120 e. The molecule has 0 radical (unpaired) electrons. The van der Waals surface area contributed by atoms with Crippen LogP contribution in [0.4, 0.5) is 11.4 Å². The monoisotopic (exact) mass is 270 g/mol. The number of aryl methyl sites for hydroxylation is 1. The van der Waals surface area contributed by atoms with E-state index in [1.807, 2.05) is 40.1 Å². The van der Waals surface area contributed by atoms with Gasteiger partial charge in [0, 0.05) is 31.0 Å². The third kappa shape index (κ3) is 3.23. The van der Waals surface area contributed by atoms with Gasteiger partial charge in [-0.3, -0.25) is 0 Å². The SMILES string of the molecule is Cc1ccc(O)c(C(C)Nc2ccc(N(C)C)cc2)c1. The summed E-state index contributed by atoms with van der Waals surface area (Å²) in [4.78, 5) is 2.07. The quantitative estimate of drug-likeness (QED) is 0.883. The topological polar surface area (TPSA) is 35.5 Å². The molecule has 2 rings (SSSR count). The number of phenols is 1. The van der Waals surface area contributed by atoms with Gasteiger partial charge in [0.25, 0.3) is 0 Å². The van der Waals surface area contributed by atoms with Crippen LogP contribution in [0, 0.1) is 6.92 Å². The van der Waals surface area contributed by atoms with Gasteiger partial charge in [0.15, 0.2) is 0 Å². The van der Waals surface area contributed by atoms with Crippen LogP contribution < -0.4 is 10.2 Å². The minimum absolute atomic E-state index is 0.0557. The molecule has 20 heavy (non-hydrogen) atoms. The van der Waals surface area contributed by atoms with Crippen molar-refractivity contribution in [2.75, 3.05) is 24.3 Å². The molecule has 0 saturated heterocycles. The highest BCUT2D eigenvalue weighted by Gasteiger charge is 2.10. The van der Waals surface area contributed by atoms with E-state index in [0.29, 0.717) is 5.75 Å². The Hall–Kier alpha value is -2.16. The van der Waals surface area contributed by atoms with Crippen LogP contribution in [0.1, 0.15) is 24.1 Å². The number of rotatable bonds is 4. The van der Waals surface area contributed by atoms with E-state index in [1.54, 1.807) is 6.07 Å². The Kier molecular flexibility index (Phi) is 4.18. The molecule has 2 aromatic carbocycles. The van der Waals surface area contributed by atoms with Crippen molar-refractivity contribution in [3.8, 4) is 5.75 Å². The van der Waals surface area contributed by atoms with Gasteiger partial charge >= 0.3 is 0 Å². The lowest BCUT2D eigenvalue weighted by Gasteiger charge is -2.18. The second-order valence-electron chi connectivity index (χ2n) is 5.37. The molecule has 2 N–H and O–H groups in total. The standard InChI is InChI=1S/C17H22N2O/c1-12-5-10-17(20)16(11-12)13(2)18-14-6-8-15(9-7-14)19(3)4/h5-11,13,18,20H,1-4H3. The van der Waals surface area contributed by atoms with Crippen molar-refractivity contribution in [1.82, 2.24) is 0 Å². The van der Waals surface area contributed by atoms with Gasteiger partial charge < -0.3 is 15.3 Å². The molecular weight excluding hydrogens is 248 g/mol. The molecule has 0 aliphatic heterocycles. The Morgan fingerprint density at radius 2 is 1.70 bits per heavy atom. The minimum atomic E-state index is 0.0557. The van der Waals surface area contributed by atoms with Crippen molar-refractivity contribution in [2.45, 2.75) is 19.9 Å². The highest BCUT2D eigenvalue weighted by atomic mass is 16.3. The number of phenolic OH excluding ortho intramolecular Hbond substituents is 1. The molecule has 0 spiro atoms. The fraction of sp³-hybridized carbons (Fsp3) is 0.294. The summed E-state index contributed by atoms with van der Waals surface area (Å²) >= 11 is 0. The summed E-state index contributed by atoms with van der Waals surface area (Å²) in [5, 5.41) is 13.4. The van der Waals surface area contributed by atoms with Crippen LogP contribution in [-0.2, 0) is 0 Å². The van der Waals surface area contributed by atoms with Gasteiger partial charge in [0.2, 0.25) is 0 Å². The average Bonchev–Trinajstić information content (AvgIpc) is 2.42. The molecule has 0 fully saturated rings. The molecule has 3 nitrogen and oxygen atoms in total. The van der Waals surface area contributed by atoms with Crippen LogP contribution in [0.2, 0.25) is 0 Å². The minimum Gasteiger partial charge on any atom is -0.508 e. The van der Waals surface area contributed by atoms with Crippen LogP contribution in [0.25, 0.3) is 0 Å². The summed E-state index contributed by atoms with van der Waals surface area (Å²) in [6.45, 7) is 4.08. The molecular formula is C17H22N2O. The maximum atomic E-state index is 9.95. The van der Waals surface area contributed by atoms with E-state index in [9.17, 15) is 5.11 Å². The molecule has 0 aliphatic carbocycles. The highest BCUT2D eigenvalue weighted by molar-refractivity contribution is 5.55. The molecule has 0 saturated carbocycles. The third-order valence-electron chi connectivity index (χ3n) is 3.42.